The minimum atomic E-state index is -0.269. The molecule has 0 aromatic heterocycles. The maximum atomic E-state index is 12.4. The van der Waals surface area contributed by atoms with Crippen LogP contribution in [0, 0.1) is 19.7 Å². The third kappa shape index (κ3) is 17.6. The van der Waals surface area contributed by atoms with Gasteiger partial charge in [-0.25, -0.2) is 4.39 Å². The molecule has 0 aliphatic rings. The van der Waals surface area contributed by atoms with Crippen LogP contribution in [0.15, 0.2) is 48.5 Å². The van der Waals surface area contributed by atoms with Crippen LogP contribution in [0.2, 0.25) is 0 Å². The topological polar surface area (TPSA) is 17.1 Å². The van der Waals surface area contributed by atoms with Gasteiger partial charge in [0.25, 0.3) is 0 Å². The molecule has 0 bridgehead atoms. The minimum Gasteiger partial charge on any atom is -0.295 e. The third-order valence-corrected chi connectivity index (χ3v) is 3.48. The Morgan fingerprint density at radius 3 is 1.76 bits per heavy atom. The van der Waals surface area contributed by atoms with Crippen LogP contribution in [0.1, 0.15) is 84.1 Å². The predicted octanol–water partition coefficient (Wildman–Crippen LogP) is 8.76. The highest BCUT2D eigenvalue weighted by molar-refractivity contribution is 5.91. The molecule has 29 heavy (non-hydrogen) atoms. The lowest BCUT2D eigenvalue weighted by atomic mass is 10.0. The molecule has 0 heterocycles. The summed E-state index contributed by atoms with van der Waals surface area (Å²) >= 11 is 0. The van der Waals surface area contributed by atoms with E-state index in [0.717, 1.165) is 12.0 Å². The van der Waals surface area contributed by atoms with Crippen molar-refractivity contribution < 1.29 is 9.18 Å². The van der Waals surface area contributed by atoms with Crippen LogP contribution in [-0.2, 0) is 11.2 Å². The lowest BCUT2D eigenvalue weighted by Gasteiger charge is -2.04. The average molecular weight is 403 g/mol. The summed E-state index contributed by atoms with van der Waals surface area (Å²) in [5, 5.41) is 0. The first-order chi connectivity index (χ1) is 13.8. The molecule has 2 rings (SSSR count). The van der Waals surface area contributed by atoms with Crippen molar-refractivity contribution >= 4 is 11.9 Å². The number of benzene rings is 2. The molecule has 0 aliphatic carbocycles. The van der Waals surface area contributed by atoms with E-state index < -0.39 is 0 Å². The van der Waals surface area contributed by atoms with Crippen molar-refractivity contribution in [2.75, 3.05) is 0 Å². The summed E-state index contributed by atoms with van der Waals surface area (Å²) in [4.78, 5) is 10.5. The molecular weight excluding hydrogens is 359 g/mol. The Morgan fingerprint density at radius 1 is 0.897 bits per heavy atom. The summed E-state index contributed by atoms with van der Waals surface area (Å²) < 4.78 is 12.4. The van der Waals surface area contributed by atoms with Gasteiger partial charge in [-0.15, -0.1) is 0 Å². The molecule has 0 radical (unpaired) electrons. The molecule has 0 spiro atoms. The number of aryl methyl sites for hydroxylation is 2. The number of ketones is 1. The van der Waals surface area contributed by atoms with Gasteiger partial charge in [0, 0.05) is 0 Å². The van der Waals surface area contributed by atoms with Crippen molar-refractivity contribution in [1.82, 2.24) is 0 Å². The summed E-state index contributed by atoms with van der Waals surface area (Å²) in [6.07, 6.45) is 5.50. The van der Waals surface area contributed by atoms with Gasteiger partial charge < -0.3 is 0 Å². The second-order valence-electron chi connectivity index (χ2n) is 5.92. The molecule has 0 fully saturated rings. The molecular formula is C27H43FO. The normalized spacial score (nSPS) is 8.79. The van der Waals surface area contributed by atoms with E-state index in [0.29, 0.717) is 0 Å². The summed E-state index contributed by atoms with van der Waals surface area (Å²) in [5.41, 5.74) is 5.15. The number of carbonyl (C=O) groups is 1. The molecule has 0 N–H and O–H groups in total. The van der Waals surface area contributed by atoms with E-state index in [2.05, 4.69) is 52.8 Å². The Labute approximate surface area is 180 Å². The number of rotatable bonds is 3. The molecule has 0 saturated carbocycles. The van der Waals surface area contributed by atoms with Gasteiger partial charge in [0.1, 0.15) is 5.82 Å². The van der Waals surface area contributed by atoms with E-state index in [4.69, 9.17) is 0 Å². The summed E-state index contributed by atoms with van der Waals surface area (Å²) in [6.45, 7) is 20.3. The zero-order valence-corrected chi connectivity index (χ0v) is 20.4. The highest BCUT2D eigenvalue weighted by Crippen LogP contribution is 2.12. The summed E-state index contributed by atoms with van der Waals surface area (Å²) in [7, 11) is 0. The van der Waals surface area contributed by atoms with Crippen molar-refractivity contribution in [1.29, 1.82) is 0 Å². The minimum absolute atomic E-state index is 0.0145. The Kier molecular flexibility index (Phi) is 24.0. The monoisotopic (exact) mass is 402 g/mol. The Bertz CT molecular complexity index is 655. The maximum absolute atomic E-state index is 12.4. The number of halogens is 1. The second kappa shape index (κ2) is 22.1. The number of carbonyl (C=O) groups excluding carboxylic acids is 1. The Morgan fingerprint density at radius 2 is 1.38 bits per heavy atom. The highest BCUT2D eigenvalue weighted by atomic mass is 19.1. The van der Waals surface area contributed by atoms with Gasteiger partial charge in [-0.2, -0.15) is 0 Å². The first-order valence-electron chi connectivity index (χ1n) is 10.8. The molecule has 2 heteroatoms. The van der Waals surface area contributed by atoms with Crippen LogP contribution < -0.4 is 0 Å². The van der Waals surface area contributed by atoms with Gasteiger partial charge in [-0.1, -0.05) is 91.3 Å². The Balaban J connectivity index is -0.000000360. The summed E-state index contributed by atoms with van der Waals surface area (Å²) in [5.74, 6) is -0.283. The van der Waals surface area contributed by atoms with E-state index in [1.807, 2.05) is 27.7 Å². The Hall–Kier alpha value is -2.22. The van der Waals surface area contributed by atoms with Crippen molar-refractivity contribution in [2.24, 2.45) is 0 Å². The maximum Gasteiger partial charge on any atom is 0.152 e. The average Bonchev–Trinajstić information content (AvgIpc) is 2.74. The van der Waals surface area contributed by atoms with Gasteiger partial charge in [0.2, 0.25) is 0 Å². The lowest BCUT2D eigenvalue weighted by Crippen LogP contribution is -1.88. The molecule has 2 aromatic carbocycles. The fraction of sp³-hybridized carbons (Fsp3) is 0.444. The fourth-order valence-electron chi connectivity index (χ4n) is 1.98. The van der Waals surface area contributed by atoms with Crippen LogP contribution in [0.4, 0.5) is 4.39 Å². The van der Waals surface area contributed by atoms with Gasteiger partial charge in [-0.3, -0.25) is 4.79 Å². The van der Waals surface area contributed by atoms with Gasteiger partial charge in [0.15, 0.2) is 5.78 Å². The molecule has 1 nitrogen and oxygen atoms in total. The first kappa shape index (κ1) is 31.5. The molecule has 0 saturated heterocycles. The predicted molar refractivity (Wildman–Crippen MR) is 130 cm³/mol. The van der Waals surface area contributed by atoms with Crippen molar-refractivity contribution in [2.45, 2.75) is 82.1 Å². The number of hydrogen-bond acceptors (Lipinski definition) is 1. The zero-order chi connectivity index (χ0) is 23.2. The van der Waals surface area contributed by atoms with Crippen LogP contribution in [0.25, 0.3) is 6.08 Å². The molecule has 0 atom stereocenters. The van der Waals surface area contributed by atoms with Crippen molar-refractivity contribution in [3.8, 4) is 0 Å². The van der Waals surface area contributed by atoms with E-state index in [9.17, 15) is 9.18 Å². The SMILES string of the molecule is CC.CC.CC(=O)/C=C/c1ccc(F)cc1.CCC.CCc1cccc(C)c1C. The lowest BCUT2D eigenvalue weighted by molar-refractivity contribution is -0.112. The molecule has 2 aromatic rings. The fourth-order valence-corrected chi connectivity index (χ4v) is 1.98. The quantitative estimate of drug-likeness (QED) is 0.469. The second-order valence-corrected chi connectivity index (χ2v) is 5.92. The van der Waals surface area contributed by atoms with Gasteiger partial charge >= 0.3 is 0 Å². The van der Waals surface area contributed by atoms with Gasteiger partial charge in [-0.05, 0) is 67.7 Å². The van der Waals surface area contributed by atoms with Gasteiger partial charge in [0.05, 0.1) is 0 Å². The van der Waals surface area contributed by atoms with Crippen LogP contribution in [-0.4, -0.2) is 5.78 Å². The van der Waals surface area contributed by atoms with Crippen LogP contribution in [0.5, 0.6) is 0 Å². The number of allylic oxidation sites excluding steroid dienone is 1. The summed E-state index contributed by atoms with van der Waals surface area (Å²) in [6, 6.07) is 12.4. The van der Waals surface area contributed by atoms with Crippen LogP contribution >= 0.6 is 0 Å². The van der Waals surface area contributed by atoms with E-state index >= 15 is 0 Å². The van der Waals surface area contributed by atoms with E-state index in [1.54, 1.807) is 18.2 Å². The molecule has 0 unspecified atom stereocenters. The molecule has 0 aliphatic heterocycles. The third-order valence-electron chi connectivity index (χ3n) is 3.48. The van der Waals surface area contributed by atoms with Crippen molar-refractivity contribution in [3.05, 3.63) is 76.6 Å². The smallest absolute Gasteiger partial charge is 0.152 e. The largest absolute Gasteiger partial charge is 0.295 e. The van der Waals surface area contributed by atoms with Crippen molar-refractivity contribution in [3.63, 3.8) is 0 Å². The zero-order valence-electron chi connectivity index (χ0n) is 20.4. The highest BCUT2D eigenvalue weighted by Gasteiger charge is 1.95. The van der Waals surface area contributed by atoms with E-state index in [-0.39, 0.29) is 11.6 Å². The first-order valence-corrected chi connectivity index (χ1v) is 10.8. The molecule has 164 valence electrons. The molecule has 0 amide bonds. The standard InChI is InChI=1S/C10H9FO.C10H14.C3H8.2C2H6/c1-8(12)2-3-9-4-6-10(11)7-5-9;1-4-10-7-5-6-8(2)9(10)3;1-3-2;2*1-2/h2-7H,1H3;5-7H,4H2,1-3H3;3H2,1-2H3;2*1-2H3/b3-2+;;;;. The van der Waals surface area contributed by atoms with E-state index in [1.165, 1.54) is 48.2 Å². The number of hydrogen-bond donors (Lipinski definition) is 0. The van der Waals surface area contributed by atoms with Crippen LogP contribution in [0.3, 0.4) is 0 Å².